The van der Waals surface area contributed by atoms with Crippen molar-refractivity contribution in [1.82, 2.24) is 4.90 Å². The summed E-state index contributed by atoms with van der Waals surface area (Å²) in [7, 11) is 1.61. The molecule has 0 saturated heterocycles. The molecule has 1 heterocycles. The molecule has 0 atom stereocenters. The van der Waals surface area contributed by atoms with Gasteiger partial charge in [-0.05, 0) is 57.8 Å². The molecule has 3 aliphatic rings. The first-order valence-corrected chi connectivity index (χ1v) is 16.0. The summed E-state index contributed by atoms with van der Waals surface area (Å²) in [4.78, 5) is 52.3. The van der Waals surface area contributed by atoms with Gasteiger partial charge in [-0.1, -0.05) is 43.6 Å². The molecular formula is C32H33Br2N3O8. The van der Waals surface area contributed by atoms with Crippen molar-refractivity contribution in [2.75, 3.05) is 20.3 Å². The summed E-state index contributed by atoms with van der Waals surface area (Å²) in [5.74, 6) is -1.02. The zero-order valence-corrected chi connectivity index (χ0v) is 28.7. The molecule has 2 aliphatic carbocycles. The topological polar surface area (TPSA) is 142 Å². The van der Waals surface area contributed by atoms with E-state index in [0.29, 0.717) is 51.6 Å². The molecule has 2 aromatic rings. The number of carbonyl (C=O) groups is 2. The average Bonchev–Trinajstić information content (AvgIpc) is 2.91. The molecule has 45 heavy (non-hydrogen) atoms. The van der Waals surface area contributed by atoms with E-state index < -0.39 is 27.1 Å². The quantitative estimate of drug-likeness (QED) is 0.193. The highest BCUT2D eigenvalue weighted by Crippen LogP contribution is 2.57. The molecule has 13 heteroatoms. The molecule has 2 aromatic carbocycles. The maximum atomic E-state index is 14.2. The number of nitro groups is 2. The number of nitro benzene ring substituents is 2. The number of methoxy groups -OCH3 is 1. The summed E-state index contributed by atoms with van der Waals surface area (Å²) in [5.41, 5.74) is 1.46. The van der Waals surface area contributed by atoms with Crippen molar-refractivity contribution in [2.45, 2.75) is 59.3 Å². The number of ketones is 2. The van der Waals surface area contributed by atoms with E-state index in [9.17, 15) is 29.8 Å². The fraction of sp³-hybridized carbons (Fsp3) is 0.438. The Kier molecular flexibility index (Phi) is 8.84. The molecule has 0 bridgehead atoms. The van der Waals surface area contributed by atoms with Crippen LogP contribution in [0.15, 0.2) is 61.8 Å². The number of ether oxygens (including phenoxy) is 2. The molecule has 0 saturated carbocycles. The lowest BCUT2D eigenvalue weighted by atomic mass is 9.63. The Labute approximate surface area is 277 Å². The Hall–Kier alpha value is -3.42. The molecule has 0 N–H and O–H groups in total. The van der Waals surface area contributed by atoms with Gasteiger partial charge < -0.3 is 14.4 Å². The Morgan fingerprint density at radius 1 is 0.889 bits per heavy atom. The molecular weight excluding hydrogens is 714 g/mol. The van der Waals surface area contributed by atoms with E-state index in [2.05, 4.69) is 64.5 Å². The number of carbonyl (C=O) groups excluding carboxylic acids is 2. The number of Topliss-reactive ketones (excluding diaryl/α,β-unsaturated/α-hetero) is 2. The minimum atomic E-state index is -0.804. The van der Waals surface area contributed by atoms with Crippen molar-refractivity contribution < 1.29 is 28.9 Å². The first kappa shape index (κ1) is 33.0. The zero-order valence-electron chi connectivity index (χ0n) is 25.6. The predicted octanol–water partition coefficient (Wildman–Crippen LogP) is 8.15. The minimum Gasteiger partial charge on any atom is -0.449 e. The maximum absolute atomic E-state index is 14.2. The van der Waals surface area contributed by atoms with Crippen LogP contribution in [0.3, 0.4) is 0 Å². The van der Waals surface area contributed by atoms with Gasteiger partial charge in [-0.15, -0.1) is 0 Å². The van der Waals surface area contributed by atoms with E-state index in [1.54, 1.807) is 19.2 Å². The third kappa shape index (κ3) is 6.34. The molecule has 1 aliphatic heterocycles. The van der Waals surface area contributed by atoms with E-state index in [-0.39, 0.29) is 46.7 Å². The molecule has 0 unspecified atom stereocenters. The molecule has 0 radical (unpaired) electrons. The van der Waals surface area contributed by atoms with E-state index in [0.717, 1.165) is 23.5 Å². The van der Waals surface area contributed by atoms with Crippen LogP contribution in [0, 0.1) is 31.1 Å². The van der Waals surface area contributed by atoms with Crippen LogP contribution in [-0.2, 0) is 14.3 Å². The normalized spacial score (nSPS) is 19.4. The van der Waals surface area contributed by atoms with Crippen molar-refractivity contribution >= 4 is 54.8 Å². The third-order valence-corrected chi connectivity index (χ3v) is 9.50. The van der Waals surface area contributed by atoms with Crippen molar-refractivity contribution in [1.29, 1.82) is 0 Å². The highest BCUT2D eigenvalue weighted by atomic mass is 79.9. The SMILES string of the molecule is COCCN1C2=C(C(=O)CC(C)(C)C2)C(c2cc(Br)cc(Br)c2Oc2ccc([N+](=O)[O-])cc2[N+](=O)[O-])C2=C1CC(C)(C)CC2=O. The van der Waals surface area contributed by atoms with Gasteiger partial charge in [0.05, 0.1) is 27.0 Å². The summed E-state index contributed by atoms with van der Waals surface area (Å²) in [6, 6.07) is 6.62. The maximum Gasteiger partial charge on any atom is 0.318 e. The lowest BCUT2D eigenvalue weighted by Gasteiger charge is -2.49. The smallest absolute Gasteiger partial charge is 0.318 e. The average molecular weight is 747 g/mol. The van der Waals surface area contributed by atoms with Gasteiger partial charge in [0.1, 0.15) is 5.75 Å². The summed E-state index contributed by atoms with van der Waals surface area (Å²) < 4.78 is 12.8. The fourth-order valence-electron chi connectivity index (χ4n) is 6.67. The molecule has 0 fully saturated rings. The van der Waals surface area contributed by atoms with Gasteiger partial charge in [-0.3, -0.25) is 29.8 Å². The second kappa shape index (κ2) is 12.1. The highest BCUT2D eigenvalue weighted by Gasteiger charge is 2.49. The van der Waals surface area contributed by atoms with Crippen LogP contribution < -0.4 is 4.74 Å². The van der Waals surface area contributed by atoms with E-state index in [1.165, 1.54) is 6.07 Å². The molecule has 0 amide bonds. The number of benzene rings is 2. The van der Waals surface area contributed by atoms with Gasteiger partial charge in [0.15, 0.2) is 11.6 Å². The second-order valence-corrected chi connectivity index (χ2v) is 15.0. The van der Waals surface area contributed by atoms with Crippen LogP contribution >= 0.6 is 31.9 Å². The first-order valence-electron chi connectivity index (χ1n) is 14.4. The van der Waals surface area contributed by atoms with Gasteiger partial charge in [0.2, 0.25) is 5.75 Å². The Balaban J connectivity index is 1.79. The number of hydrogen-bond donors (Lipinski definition) is 0. The van der Waals surface area contributed by atoms with Crippen LogP contribution in [0.5, 0.6) is 11.5 Å². The van der Waals surface area contributed by atoms with Crippen LogP contribution in [0.1, 0.15) is 64.9 Å². The predicted molar refractivity (Wildman–Crippen MR) is 173 cm³/mol. The molecule has 238 valence electrons. The van der Waals surface area contributed by atoms with E-state index in [1.807, 2.05) is 0 Å². The molecule has 5 rings (SSSR count). The Morgan fingerprint density at radius 3 is 1.98 bits per heavy atom. The summed E-state index contributed by atoms with van der Waals surface area (Å²) in [5, 5.41) is 23.3. The minimum absolute atomic E-state index is 0.0822. The summed E-state index contributed by atoms with van der Waals surface area (Å²) >= 11 is 7.10. The van der Waals surface area contributed by atoms with Gasteiger partial charge in [-0.2, -0.15) is 0 Å². The Morgan fingerprint density at radius 2 is 1.47 bits per heavy atom. The van der Waals surface area contributed by atoms with Crippen LogP contribution in [-0.4, -0.2) is 46.6 Å². The number of allylic oxidation sites excluding steroid dienone is 4. The standard InChI is InChI=1S/C32H33Br2N3O8/c1-31(2)13-22-28(24(38)15-31)27(29-23(35(22)8-9-44-5)14-32(3,4)16-25(29)39)19-10-17(33)11-20(34)30(19)45-26-7-6-18(36(40)41)12-21(26)37(42)43/h6-7,10-12,27H,8-9,13-16H2,1-5H3. The van der Waals surface area contributed by atoms with Crippen molar-refractivity contribution in [3.63, 3.8) is 0 Å². The number of nitrogens with zero attached hydrogens (tertiary/aromatic N) is 3. The van der Waals surface area contributed by atoms with Crippen molar-refractivity contribution in [3.05, 3.63) is 87.6 Å². The van der Waals surface area contributed by atoms with Crippen LogP contribution in [0.4, 0.5) is 11.4 Å². The molecule has 0 spiro atoms. The van der Waals surface area contributed by atoms with Gasteiger partial charge in [-0.25, -0.2) is 0 Å². The lowest BCUT2D eigenvalue weighted by molar-refractivity contribution is -0.394. The highest BCUT2D eigenvalue weighted by molar-refractivity contribution is 9.11. The van der Waals surface area contributed by atoms with E-state index in [4.69, 9.17) is 9.47 Å². The molecule has 11 nitrogen and oxygen atoms in total. The summed E-state index contributed by atoms with van der Waals surface area (Å²) in [6.45, 7) is 9.06. The number of non-ortho nitro benzene ring substituents is 1. The Bertz CT molecular complexity index is 1660. The monoisotopic (exact) mass is 745 g/mol. The lowest BCUT2D eigenvalue weighted by Crippen LogP contribution is -2.45. The number of halogens is 2. The molecule has 0 aromatic heterocycles. The van der Waals surface area contributed by atoms with Crippen molar-refractivity contribution in [2.24, 2.45) is 10.8 Å². The van der Waals surface area contributed by atoms with Crippen LogP contribution in [0.2, 0.25) is 0 Å². The fourth-order valence-corrected chi connectivity index (χ4v) is 8.01. The summed E-state index contributed by atoms with van der Waals surface area (Å²) in [6.07, 6.45) is 1.75. The van der Waals surface area contributed by atoms with Crippen LogP contribution in [0.25, 0.3) is 0 Å². The van der Waals surface area contributed by atoms with E-state index >= 15 is 0 Å². The third-order valence-electron chi connectivity index (χ3n) is 8.45. The first-order chi connectivity index (χ1) is 21.0. The number of hydrogen-bond acceptors (Lipinski definition) is 9. The van der Waals surface area contributed by atoms with Crippen molar-refractivity contribution in [3.8, 4) is 11.5 Å². The van der Waals surface area contributed by atoms with Gasteiger partial charge in [0.25, 0.3) is 5.69 Å². The second-order valence-electron chi connectivity index (χ2n) is 13.3. The largest absolute Gasteiger partial charge is 0.449 e. The number of rotatable bonds is 8. The van der Waals surface area contributed by atoms with Gasteiger partial charge >= 0.3 is 5.69 Å². The van der Waals surface area contributed by atoms with Gasteiger partial charge in [0, 0.05) is 71.1 Å². The zero-order chi connectivity index (χ0) is 33.0.